The summed E-state index contributed by atoms with van der Waals surface area (Å²) in [5.74, 6) is 0. The lowest BCUT2D eigenvalue weighted by atomic mass is 9.98. The monoisotopic (exact) mass is 273 g/mol. The van der Waals surface area contributed by atoms with Gasteiger partial charge in [0.25, 0.3) is 0 Å². The summed E-state index contributed by atoms with van der Waals surface area (Å²) < 4.78 is 26.0. The van der Waals surface area contributed by atoms with Crippen LogP contribution in [0.25, 0.3) is 0 Å². The highest BCUT2D eigenvalue weighted by Crippen LogP contribution is 2.50. The molecular formula is C15H15NO2S. The molecule has 0 spiro atoms. The molecule has 19 heavy (non-hydrogen) atoms. The van der Waals surface area contributed by atoms with Gasteiger partial charge in [-0.3, -0.25) is 0 Å². The molecule has 0 aromatic heterocycles. The number of rotatable bonds is 2. The summed E-state index contributed by atoms with van der Waals surface area (Å²) in [6.07, 6.45) is 0. The van der Waals surface area contributed by atoms with Crippen molar-refractivity contribution in [1.29, 1.82) is 0 Å². The van der Waals surface area contributed by atoms with Crippen molar-refractivity contribution in [3.63, 3.8) is 0 Å². The molecule has 1 fully saturated rings. The van der Waals surface area contributed by atoms with Crippen LogP contribution in [0.3, 0.4) is 0 Å². The molecule has 1 heterocycles. The van der Waals surface area contributed by atoms with Gasteiger partial charge in [0, 0.05) is 7.05 Å². The summed E-state index contributed by atoms with van der Waals surface area (Å²) in [7, 11) is -1.57. The lowest BCUT2D eigenvalue weighted by molar-refractivity contribution is 0.291. The van der Waals surface area contributed by atoms with Gasteiger partial charge in [-0.1, -0.05) is 60.7 Å². The van der Waals surface area contributed by atoms with E-state index in [-0.39, 0.29) is 6.04 Å². The minimum Gasteiger partial charge on any atom is -0.211 e. The van der Waals surface area contributed by atoms with E-state index in [1.54, 1.807) is 7.05 Å². The van der Waals surface area contributed by atoms with Crippen molar-refractivity contribution in [2.75, 3.05) is 7.05 Å². The molecule has 3 nitrogen and oxygen atoms in total. The van der Waals surface area contributed by atoms with Gasteiger partial charge in [-0.15, -0.1) is 0 Å². The van der Waals surface area contributed by atoms with Gasteiger partial charge in [0.15, 0.2) is 0 Å². The van der Waals surface area contributed by atoms with E-state index in [2.05, 4.69) is 0 Å². The molecule has 4 heteroatoms. The van der Waals surface area contributed by atoms with Gasteiger partial charge in [-0.2, -0.15) is 4.31 Å². The Hall–Kier alpha value is -1.65. The second kappa shape index (κ2) is 4.47. The van der Waals surface area contributed by atoms with Crippen molar-refractivity contribution in [3.05, 3.63) is 71.8 Å². The second-order valence-corrected chi connectivity index (χ2v) is 6.86. The van der Waals surface area contributed by atoms with Gasteiger partial charge in [0.2, 0.25) is 10.0 Å². The van der Waals surface area contributed by atoms with E-state index < -0.39 is 15.3 Å². The zero-order valence-corrected chi connectivity index (χ0v) is 11.4. The molecule has 0 amide bonds. The molecule has 0 aliphatic carbocycles. The quantitative estimate of drug-likeness (QED) is 0.843. The van der Waals surface area contributed by atoms with Gasteiger partial charge >= 0.3 is 0 Å². The van der Waals surface area contributed by atoms with Crippen molar-refractivity contribution in [1.82, 2.24) is 4.31 Å². The number of hydrogen-bond acceptors (Lipinski definition) is 2. The SMILES string of the molecule is CN1[C@@H](c2ccccc2)[C@@H](c2ccccc2)S1(=O)=O. The van der Waals surface area contributed by atoms with Crippen molar-refractivity contribution < 1.29 is 8.42 Å². The van der Waals surface area contributed by atoms with Crippen LogP contribution in [0, 0.1) is 0 Å². The summed E-state index contributed by atoms with van der Waals surface area (Å²) >= 11 is 0. The van der Waals surface area contributed by atoms with Crippen LogP contribution >= 0.6 is 0 Å². The predicted octanol–water partition coefficient (Wildman–Crippen LogP) is 2.74. The highest BCUT2D eigenvalue weighted by atomic mass is 32.2. The van der Waals surface area contributed by atoms with Crippen LogP contribution in [-0.2, 0) is 10.0 Å². The number of sulfonamides is 1. The van der Waals surface area contributed by atoms with Gasteiger partial charge in [0.05, 0.1) is 6.04 Å². The Morgan fingerprint density at radius 2 is 1.32 bits per heavy atom. The molecule has 3 rings (SSSR count). The van der Waals surface area contributed by atoms with E-state index in [0.29, 0.717) is 0 Å². The molecular weight excluding hydrogens is 258 g/mol. The molecule has 2 atom stereocenters. The maximum absolute atomic E-state index is 12.3. The van der Waals surface area contributed by atoms with Crippen molar-refractivity contribution >= 4 is 10.0 Å². The maximum Gasteiger partial charge on any atom is 0.223 e. The Labute approximate surface area is 113 Å². The smallest absolute Gasteiger partial charge is 0.211 e. The fourth-order valence-electron chi connectivity index (χ4n) is 2.66. The van der Waals surface area contributed by atoms with E-state index >= 15 is 0 Å². The van der Waals surface area contributed by atoms with E-state index in [1.165, 1.54) is 4.31 Å². The zero-order valence-electron chi connectivity index (χ0n) is 10.6. The van der Waals surface area contributed by atoms with E-state index in [1.807, 2.05) is 60.7 Å². The number of nitrogens with zero attached hydrogens (tertiary/aromatic N) is 1. The van der Waals surface area contributed by atoms with Crippen LogP contribution in [0.2, 0.25) is 0 Å². The summed E-state index contributed by atoms with van der Waals surface area (Å²) in [6.45, 7) is 0. The zero-order chi connectivity index (χ0) is 13.5. The minimum absolute atomic E-state index is 0.103. The summed E-state index contributed by atoms with van der Waals surface area (Å²) in [5, 5.41) is -0.471. The average molecular weight is 273 g/mol. The van der Waals surface area contributed by atoms with E-state index in [9.17, 15) is 8.42 Å². The van der Waals surface area contributed by atoms with Crippen LogP contribution in [-0.4, -0.2) is 19.8 Å². The molecule has 0 N–H and O–H groups in total. The second-order valence-electron chi connectivity index (χ2n) is 4.75. The lowest BCUT2D eigenvalue weighted by Crippen LogP contribution is -2.50. The first kappa shape index (κ1) is 12.4. The molecule has 0 saturated carbocycles. The molecule has 0 radical (unpaired) electrons. The van der Waals surface area contributed by atoms with Crippen molar-refractivity contribution in [3.8, 4) is 0 Å². The van der Waals surface area contributed by atoms with Crippen LogP contribution in [0.15, 0.2) is 60.7 Å². The first-order valence-corrected chi connectivity index (χ1v) is 7.69. The van der Waals surface area contributed by atoms with Crippen LogP contribution in [0.5, 0.6) is 0 Å². The van der Waals surface area contributed by atoms with Crippen LogP contribution in [0.4, 0.5) is 0 Å². The summed E-state index contributed by atoms with van der Waals surface area (Å²) in [5.41, 5.74) is 1.89. The minimum atomic E-state index is -3.22. The highest BCUT2D eigenvalue weighted by Gasteiger charge is 2.52. The number of likely N-dealkylation sites (N-methyl/N-ethyl adjacent to an activating group) is 1. The van der Waals surface area contributed by atoms with Crippen LogP contribution in [0.1, 0.15) is 22.4 Å². The van der Waals surface area contributed by atoms with Crippen molar-refractivity contribution in [2.24, 2.45) is 0 Å². The first-order chi connectivity index (χ1) is 9.12. The Morgan fingerprint density at radius 3 is 1.84 bits per heavy atom. The first-order valence-electron chi connectivity index (χ1n) is 6.19. The third-order valence-electron chi connectivity index (χ3n) is 3.67. The van der Waals surface area contributed by atoms with E-state index in [0.717, 1.165) is 11.1 Å². The normalized spacial score (nSPS) is 25.7. The average Bonchev–Trinajstić information content (AvgIpc) is 2.45. The van der Waals surface area contributed by atoms with Crippen LogP contribution < -0.4 is 0 Å². The molecule has 2 aromatic rings. The summed E-state index contributed by atoms with van der Waals surface area (Å²) in [6, 6.07) is 19.1. The van der Waals surface area contributed by atoms with Gasteiger partial charge in [0.1, 0.15) is 5.25 Å². The Bertz CT molecular complexity index is 668. The molecule has 98 valence electrons. The Morgan fingerprint density at radius 1 is 0.842 bits per heavy atom. The Kier molecular flexibility index (Phi) is 2.92. The maximum atomic E-state index is 12.3. The highest BCUT2D eigenvalue weighted by molar-refractivity contribution is 7.90. The Balaban J connectivity index is 2.06. The van der Waals surface area contributed by atoms with E-state index in [4.69, 9.17) is 0 Å². The lowest BCUT2D eigenvalue weighted by Gasteiger charge is -2.45. The standard InChI is InChI=1S/C15H15NO2S/c1-16-14(12-8-4-2-5-9-12)15(19(16,17)18)13-10-6-3-7-11-13/h2-11,14-15H,1H3/t14-,15+/m0/s1. The van der Waals surface area contributed by atoms with Gasteiger partial charge in [-0.25, -0.2) is 8.42 Å². The fraction of sp³-hybridized carbons (Fsp3) is 0.200. The molecule has 0 bridgehead atoms. The van der Waals surface area contributed by atoms with Crippen molar-refractivity contribution in [2.45, 2.75) is 11.3 Å². The molecule has 1 aliphatic rings. The third kappa shape index (κ3) is 1.88. The topological polar surface area (TPSA) is 37.4 Å². The summed E-state index contributed by atoms with van der Waals surface area (Å²) in [4.78, 5) is 0. The number of hydrogen-bond donors (Lipinski definition) is 0. The molecule has 0 unspecified atom stereocenters. The molecule has 1 aliphatic heterocycles. The van der Waals surface area contributed by atoms with Gasteiger partial charge in [-0.05, 0) is 11.1 Å². The third-order valence-corrected chi connectivity index (χ3v) is 5.87. The number of benzene rings is 2. The van der Waals surface area contributed by atoms with Gasteiger partial charge < -0.3 is 0 Å². The predicted molar refractivity (Wildman–Crippen MR) is 75.0 cm³/mol. The largest absolute Gasteiger partial charge is 0.223 e. The fourth-order valence-corrected chi connectivity index (χ4v) is 4.55. The molecule has 2 aromatic carbocycles. The molecule has 1 saturated heterocycles.